The molecule has 0 amide bonds. The van der Waals surface area contributed by atoms with Gasteiger partial charge in [-0.05, 0) is 36.5 Å². The van der Waals surface area contributed by atoms with E-state index in [1.54, 1.807) is 0 Å². The minimum Gasteiger partial charge on any atom is -0.370 e. The van der Waals surface area contributed by atoms with Gasteiger partial charge in [0.05, 0.1) is 0 Å². The van der Waals surface area contributed by atoms with Gasteiger partial charge in [-0.2, -0.15) is 0 Å². The maximum atomic E-state index is 4.45. The molecule has 0 saturated heterocycles. The van der Waals surface area contributed by atoms with Crippen LogP contribution in [-0.4, -0.2) is 16.5 Å². The first-order valence-electron chi connectivity index (χ1n) is 7.85. The fourth-order valence-corrected chi connectivity index (χ4v) is 2.18. The Morgan fingerprint density at radius 2 is 1.64 bits per heavy atom. The van der Waals surface area contributed by atoms with Crippen molar-refractivity contribution in [3.8, 4) is 0 Å². The molecule has 22 heavy (non-hydrogen) atoms. The largest absolute Gasteiger partial charge is 0.370 e. The highest BCUT2D eigenvalue weighted by Gasteiger charge is 2.12. The van der Waals surface area contributed by atoms with Crippen LogP contribution in [-0.2, 0) is 5.41 Å². The molecule has 2 aromatic rings. The van der Waals surface area contributed by atoms with Gasteiger partial charge in [-0.1, -0.05) is 39.8 Å². The molecule has 1 heterocycles. The van der Waals surface area contributed by atoms with Crippen LogP contribution in [0.5, 0.6) is 0 Å². The predicted octanol–water partition coefficient (Wildman–Crippen LogP) is 4.65. The second kappa shape index (κ2) is 6.77. The normalized spacial score (nSPS) is 11.3. The summed E-state index contributed by atoms with van der Waals surface area (Å²) in [4.78, 5) is 8.84. The molecule has 0 spiro atoms. The van der Waals surface area contributed by atoms with Crippen molar-refractivity contribution in [2.24, 2.45) is 0 Å². The highest BCUT2D eigenvalue weighted by atomic mass is 15.1. The topological polar surface area (TPSA) is 49.8 Å². The number of rotatable bonds is 5. The molecular formula is C18H26N4. The Labute approximate surface area is 133 Å². The first-order chi connectivity index (χ1) is 10.4. The molecule has 4 heteroatoms. The van der Waals surface area contributed by atoms with Crippen molar-refractivity contribution < 1.29 is 0 Å². The van der Waals surface area contributed by atoms with Crippen LogP contribution in [0, 0.1) is 6.92 Å². The molecule has 2 rings (SSSR count). The molecule has 0 aliphatic rings. The van der Waals surface area contributed by atoms with Crippen LogP contribution < -0.4 is 10.6 Å². The Morgan fingerprint density at radius 3 is 2.23 bits per heavy atom. The third-order valence-electron chi connectivity index (χ3n) is 3.42. The first kappa shape index (κ1) is 16.3. The second-order valence-corrected chi connectivity index (χ2v) is 6.56. The zero-order valence-corrected chi connectivity index (χ0v) is 14.2. The Balaban J connectivity index is 2.14. The van der Waals surface area contributed by atoms with Crippen molar-refractivity contribution in [2.45, 2.75) is 46.5 Å². The van der Waals surface area contributed by atoms with E-state index < -0.39 is 0 Å². The number of aromatic nitrogens is 2. The van der Waals surface area contributed by atoms with E-state index >= 15 is 0 Å². The van der Waals surface area contributed by atoms with Gasteiger partial charge in [0.25, 0.3) is 0 Å². The SMILES string of the molecule is CCCNc1cc(Nc2ccc(C(C)(C)C)cc2)nc(C)n1. The molecule has 0 unspecified atom stereocenters. The standard InChI is InChI=1S/C18H26N4/c1-6-11-19-16-12-17(21-13(2)20-16)22-15-9-7-14(8-10-15)18(3,4)5/h7-10,12H,6,11H2,1-5H3,(H2,19,20,21,22). The first-order valence-corrected chi connectivity index (χ1v) is 7.85. The molecule has 4 nitrogen and oxygen atoms in total. The van der Waals surface area contributed by atoms with Crippen molar-refractivity contribution in [1.82, 2.24) is 9.97 Å². The zero-order valence-electron chi connectivity index (χ0n) is 14.2. The highest BCUT2D eigenvalue weighted by molar-refractivity contribution is 5.59. The van der Waals surface area contributed by atoms with Crippen molar-refractivity contribution in [3.63, 3.8) is 0 Å². The molecule has 0 saturated carbocycles. The van der Waals surface area contributed by atoms with E-state index in [4.69, 9.17) is 0 Å². The second-order valence-electron chi connectivity index (χ2n) is 6.56. The van der Waals surface area contributed by atoms with Gasteiger partial charge < -0.3 is 10.6 Å². The zero-order chi connectivity index (χ0) is 16.2. The number of nitrogens with zero attached hydrogens (tertiary/aromatic N) is 2. The smallest absolute Gasteiger partial charge is 0.136 e. The van der Waals surface area contributed by atoms with Gasteiger partial charge in [0, 0.05) is 18.3 Å². The van der Waals surface area contributed by atoms with Crippen LogP contribution >= 0.6 is 0 Å². The van der Waals surface area contributed by atoms with E-state index in [2.05, 4.69) is 72.6 Å². The molecule has 0 fully saturated rings. The molecular weight excluding hydrogens is 272 g/mol. The molecule has 1 aromatic heterocycles. The van der Waals surface area contributed by atoms with E-state index in [0.717, 1.165) is 36.1 Å². The summed E-state index contributed by atoms with van der Waals surface area (Å²) < 4.78 is 0. The molecule has 0 aliphatic heterocycles. The lowest BCUT2D eigenvalue weighted by Gasteiger charge is -2.19. The summed E-state index contributed by atoms with van der Waals surface area (Å²) in [5.41, 5.74) is 2.52. The summed E-state index contributed by atoms with van der Waals surface area (Å²) in [6.07, 6.45) is 1.07. The number of hydrogen-bond donors (Lipinski definition) is 2. The van der Waals surface area contributed by atoms with Crippen LogP contribution in [0.2, 0.25) is 0 Å². The van der Waals surface area contributed by atoms with Gasteiger partial charge in [-0.15, -0.1) is 0 Å². The minimum atomic E-state index is 0.168. The van der Waals surface area contributed by atoms with Gasteiger partial charge in [0.2, 0.25) is 0 Å². The molecule has 2 N–H and O–H groups in total. The lowest BCUT2D eigenvalue weighted by molar-refractivity contribution is 0.590. The number of hydrogen-bond acceptors (Lipinski definition) is 4. The number of anilines is 3. The third-order valence-corrected chi connectivity index (χ3v) is 3.42. The Kier molecular flexibility index (Phi) is 5.01. The molecule has 118 valence electrons. The summed E-state index contributed by atoms with van der Waals surface area (Å²) in [5, 5.41) is 6.65. The van der Waals surface area contributed by atoms with Crippen LogP contribution in [0.1, 0.15) is 45.5 Å². The van der Waals surface area contributed by atoms with Gasteiger partial charge in [0.1, 0.15) is 17.5 Å². The van der Waals surface area contributed by atoms with E-state index in [9.17, 15) is 0 Å². The van der Waals surface area contributed by atoms with Gasteiger partial charge >= 0.3 is 0 Å². The fourth-order valence-electron chi connectivity index (χ4n) is 2.18. The van der Waals surface area contributed by atoms with Crippen LogP contribution in [0.15, 0.2) is 30.3 Å². The van der Waals surface area contributed by atoms with Crippen LogP contribution in [0.3, 0.4) is 0 Å². The fraction of sp³-hybridized carbons (Fsp3) is 0.444. The average Bonchev–Trinajstić information content (AvgIpc) is 2.44. The molecule has 0 radical (unpaired) electrons. The number of benzene rings is 1. The Hall–Kier alpha value is -2.10. The van der Waals surface area contributed by atoms with E-state index in [0.29, 0.717) is 0 Å². The maximum absolute atomic E-state index is 4.45. The predicted molar refractivity (Wildman–Crippen MR) is 94.0 cm³/mol. The minimum absolute atomic E-state index is 0.168. The van der Waals surface area contributed by atoms with Gasteiger partial charge in [-0.25, -0.2) is 9.97 Å². The third kappa shape index (κ3) is 4.45. The van der Waals surface area contributed by atoms with Crippen molar-refractivity contribution >= 4 is 17.3 Å². The van der Waals surface area contributed by atoms with Crippen molar-refractivity contribution in [1.29, 1.82) is 0 Å². The Bertz CT molecular complexity index is 612. The van der Waals surface area contributed by atoms with E-state index in [1.165, 1.54) is 5.56 Å². The number of nitrogens with one attached hydrogen (secondary N) is 2. The Morgan fingerprint density at radius 1 is 1.00 bits per heavy atom. The molecule has 0 atom stereocenters. The molecule has 1 aromatic carbocycles. The van der Waals surface area contributed by atoms with Crippen LogP contribution in [0.25, 0.3) is 0 Å². The maximum Gasteiger partial charge on any atom is 0.136 e. The van der Waals surface area contributed by atoms with E-state index in [-0.39, 0.29) is 5.41 Å². The average molecular weight is 298 g/mol. The quantitative estimate of drug-likeness (QED) is 0.843. The molecule has 0 bridgehead atoms. The highest BCUT2D eigenvalue weighted by Crippen LogP contribution is 2.25. The summed E-state index contributed by atoms with van der Waals surface area (Å²) in [6, 6.07) is 10.5. The van der Waals surface area contributed by atoms with E-state index in [1.807, 2.05) is 13.0 Å². The van der Waals surface area contributed by atoms with Gasteiger partial charge in [0.15, 0.2) is 0 Å². The lowest BCUT2D eigenvalue weighted by atomic mass is 9.87. The summed E-state index contributed by atoms with van der Waals surface area (Å²) in [7, 11) is 0. The monoisotopic (exact) mass is 298 g/mol. The summed E-state index contributed by atoms with van der Waals surface area (Å²) >= 11 is 0. The van der Waals surface area contributed by atoms with Crippen molar-refractivity contribution in [3.05, 3.63) is 41.7 Å². The summed E-state index contributed by atoms with van der Waals surface area (Å²) in [5.74, 6) is 2.44. The van der Waals surface area contributed by atoms with Crippen molar-refractivity contribution in [2.75, 3.05) is 17.2 Å². The lowest BCUT2D eigenvalue weighted by Crippen LogP contribution is -2.10. The van der Waals surface area contributed by atoms with Crippen LogP contribution in [0.4, 0.5) is 17.3 Å². The number of aryl methyl sites for hydroxylation is 1. The van der Waals surface area contributed by atoms with Gasteiger partial charge in [-0.3, -0.25) is 0 Å². The summed E-state index contributed by atoms with van der Waals surface area (Å²) in [6.45, 7) is 11.6. The molecule has 0 aliphatic carbocycles.